The predicted molar refractivity (Wildman–Crippen MR) is 235 cm³/mol. The Balaban J connectivity index is 0.000000694. The number of halogens is 4. The lowest BCUT2D eigenvalue weighted by molar-refractivity contribution is -0.127. The number of aliphatic hydroxyl groups excluding tert-OH is 1. The molecule has 1 atom stereocenters. The number of nitrogens with one attached hydrogen (secondary N) is 1. The maximum absolute atomic E-state index is 13.8. The molecule has 0 saturated carbocycles. The van der Waals surface area contributed by atoms with E-state index >= 15 is 0 Å². The van der Waals surface area contributed by atoms with Crippen LogP contribution in [0.15, 0.2) is 63.0 Å². The molecule has 4 rings (SSSR count). The minimum Gasteiger partial charge on any atom is -0.505 e. The Hall–Kier alpha value is -4.92. The highest BCUT2D eigenvalue weighted by Gasteiger charge is 2.30. The molecule has 0 radical (unpaired) electrons. The average molecular weight is 859 g/mol. The topological polar surface area (TPSA) is 137 Å². The molecule has 2 amide bonds. The summed E-state index contributed by atoms with van der Waals surface area (Å²) in [5, 5.41) is 17.5. The lowest BCUT2D eigenvalue weighted by Gasteiger charge is -2.37. The molecule has 60 heavy (non-hydrogen) atoms. The molecule has 12 nitrogen and oxygen atoms in total. The number of nitrogens with zero attached hydrogens (tertiary/aromatic N) is 7. The highest BCUT2D eigenvalue weighted by molar-refractivity contribution is 6.33. The molecule has 1 aliphatic rings. The molecule has 1 saturated heterocycles. The Labute approximate surface area is 356 Å². The molecule has 0 spiro atoms. The van der Waals surface area contributed by atoms with Crippen molar-refractivity contribution >= 4 is 46.8 Å². The van der Waals surface area contributed by atoms with E-state index in [1.54, 1.807) is 36.5 Å². The molecule has 3 heterocycles. The number of benzene rings is 1. The van der Waals surface area contributed by atoms with Crippen LogP contribution in [0.4, 0.5) is 24.5 Å². The summed E-state index contributed by atoms with van der Waals surface area (Å²) in [4.78, 5) is 52.4. The van der Waals surface area contributed by atoms with E-state index in [-0.39, 0.29) is 77.9 Å². The normalized spacial score (nSPS) is 14.8. The van der Waals surface area contributed by atoms with E-state index in [4.69, 9.17) is 11.6 Å². The molecule has 0 bridgehead atoms. The Morgan fingerprint density at radius 2 is 1.75 bits per heavy atom. The van der Waals surface area contributed by atoms with Crippen molar-refractivity contribution in [1.29, 1.82) is 0 Å². The summed E-state index contributed by atoms with van der Waals surface area (Å²) < 4.78 is 43.1. The number of rotatable bonds is 16. The first-order valence-electron chi connectivity index (χ1n) is 20.6. The molecule has 3 aromatic rings. The third kappa shape index (κ3) is 13.0. The molecular weight excluding hydrogens is 797 g/mol. The van der Waals surface area contributed by atoms with Crippen molar-refractivity contribution < 1.29 is 27.9 Å². The van der Waals surface area contributed by atoms with Gasteiger partial charge in [0.1, 0.15) is 23.8 Å². The Morgan fingerprint density at radius 3 is 2.28 bits per heavy atom. The molecule has 2 N–H and O–H groups in total. The van der Waals surface area contributed by atoms with Gasteiger partial charge >= 0.3 is 0 Å². The molecule has 1 aromatic carbocycles. The predicted octanol–water partition coefficient (Wildman–Crippen LogP) is 9.74. The van der Waals surface area contributed by atoms with Crippen molar-refractivity contribution in [2.75, 3.05) is 36.4 Å². The van der Waals surface area contributed by atoms with Gasteiger partial charge in [-0.15, -0.1) is 5.10 Å². The number of hydrogen-bond acceptors (Lipinski definition) is 8. The van der Waals surface area contributed by atoms with Crippen LogP contribution < -0.4 is 15.8 Å². The fourth-order valence-electron chi connectivity index (χ4n) is 6.54. The minimum absolute atomic E-state index is 0.0394. The van der Waals surface area contributed by atoms with Crippen molar-refractivity contribution in [1.82, 2.24) is 24.1 Å². The van der Waals surface area contributed by atoms with Crippen molar-refractivity contribution in [3.05, 3.63) is 85.7 Å². The summed E-state index contributed by atoms with van der Waals surface area (Å²) in [6.07, 6.45) is 6.98. The van der Waals surface area contributed by atoms with Crippen LogP contribution in [-0.4, -0.2) is 73.4 Å². The zero-order chi connectivity index (χ0) is 45.1. The summed E-state index contributed by atoms with van der Waals surface area (Å²) in [7, 11) is 0. The number of piperazine rings is 1. The molecule has 0 aliphatic carbocycles. The standard InChI is InChI=1S/C33H41ClF2N8O4.C11H21F/c1-8-19(3)17-37-21(5)29(46)20(4)30(47)42-14-12-41(13-15-42)28-26(9-2)43(32-38-22(6)40-44(32)31(28)48)18-27(45)39-25-11-10-23(16-24(25)34)33(7,35)36;1-5-6-11(10(4)12)8-7-9(2)3/h10-11,16-17,19,46H,4,8-9,12-15,18H2,1-3,5-7H3,(H,39,45);9H,5-8H2,1-4H3/b29-21+,37-17?;11-10-. The highest BCUT2D eigenvalue weighted by atomic mass is 35.5. The first kappa shape index (κ1) is 49.4. The van der Waals surface area contributed by atoms with E-state index in [2.05, 4.69) is 47.7 Å². The summed E-state index contributed by atoms with van der Waals surface area (Å²) >= 11 is 6.22. The maximum Gasteiger partial charge on any atom is 0.299 e. The summed E-state index contributed by atoms with van der Waals surface area (Å²) in [5.41, 5.74) is 1.55. The van der Waals surface area contributed by atoms with E-state index in [0.717, 1.165) is 55.2 Å². The second-order valence-electron chi connectivity index (χ2n) is 15.7. The van der Waals surface area contributed by atoms with Crippen LogP contribution in [0.5, 0.6) is 0 Å². The summed E-state index contributed by atoms with van der Waals surface area (Å²) in [5.74, 6) is -2.91. The van der Waals surface area contributed by atoms with Gasteiger partial charge in [-0.05, 0) is 82.4 Å². The Bertz CT molecular complexity index is 2160. The van der Waals surface area contributed by atoms with Gasteiger partial charge in [0.15, 0.2) is 0 Å². The van der Waals surface area contributed by atoms with E-state index in [0.29, 0.717) is 35.2 Å². The van der Waals surface area contributed by atoms with Gasteiger partial charge in [-0.1, -0.05) is 72.2 Å². The third-order valence-electron chi connectivity index (χ3n) is 10.3. The quantitative estimate of drug-likeness (QED) is 0.0634. The number of amides is 2. The smallest absolute Gasteiger partial charge is 0.299 e. The van der Waals surface area contributed by atoms with E-state index in [1.165, 1.54) is 12.1 Å². The van der Waals surface area contributed by atoms with Crippen LogP contribution in [0, 0.1) is 18.8 Å². The van der Waals surface area contributed by atoms with Crippen molar-refractivity contribution in [3.8, 4) is 0 Å². The zero-order valence-electron chi connectivity index (χ0n) is 36.8. The van der Waals surface area contributed by atoms with Crippen LogP contribution in [0.2, 0.25) is 5.02 Å². The summed E-state index contributed by atoms with van der Waals surface area (Å²) in [6, 6.07) is 3.61. The number of aliphatic hydroxyl groups is 1. The van der Waals surface area contributed by atoms with Crippen LogP contribution in [-0.2, 0) is 28.5 Å². The number of carbonyl (C=O) groups excluding carboxylic acids is 2. The average Bonchev–Trinajstić information content (AvgIpc) is 3.60. The number of carbonyl (C=O) groups is 2. The lowest BCUT2D eigenvalue weighted by atomic mass is 9.99. The van der Waals surface area contributed by atoms with E-state index in [9.17, 15) is 32.7 Å². The summed E-state index contributed by atoms with van der Waals surface area (Å²) in [6.45, 7) is 22.5. The number of hydrogen-bond donors (Lipinski definition) is 2. The van der Waals surface area contributed by atoms with Gasteiger partial charge in [0.2, 0.25) is 11.7 Å². The van der Waals surface area contributed by atoms with Gasteiger partial charge < -0.3 is 24.8 Å². The van der Waals surface area contributed by atoms with Crippen LogP contribution in [0.25, 0.3) is 5.78 Å². The van der Waals surface area contributed by atoms with E-state index < -0.39 is 23.3 Å². The second kappa shape index (κ2) is 22.1. The molecule has 1 fully saturated rings. The van der Waals surface area contributed by atoms with Gasteiger partial charge in [0.05, 0.1) is 33.5 Å². The fraction of sp³-hybridized carbons (Fsp3) is 0.545. The molecule has 1 unspecified atom stereocenters. The highest BCUT2D eigenvalue weighted by Crippen LogP contribution is 2.32. The maximum atomic E-state index is 13.8. The number of fused-ring (bicyclic) bond motifs is 1. The lowest BCUT2D eigenvalue weighted by Crippen LogP contribution is -2.51. The van der Waals surface area contributed by atoms with Crippen LogP contribution >= 0.6 is 11.6 Å². The number of alkyl halides is 2. The first-order valence-corrected chi connectivity index (χ1v) is 21.0. The molecule has 2 aromatic heterocycles. The van der Waals surface area contributed by atoms with Crippen LogP contribution in [0.1, 0.15) is 111 Å². The molecule has 1 aliphatic heterocycles. The monoisotopic (exact) mass is 858 g/mol. The Morgan fingerprint density at radius 1 is 1.10 bits per heavy atom. The van der Waals surface area contributed by atoms with Crippen molar-refractivity contribution in [2.24, 2.45) is 16.8 Å². The van der Waals surface area contributed by atoms with Gasteiger partial charge in [-0.3, -0.25) is 19.4 Å². The third-order valence-corrected chi connectivity index (χ3v) is 10.6. The second-order valence-corrected chi connectivity index (χ2v) is 16.1. The van der Waals surface area contributed by atoms with Crippen LogP contribution in [0.3, 0.4) is 0 Å². The number of aromatic nitrogens is 4. The molecule has 16 heteroatoms. The number of aryl methyl sites for hydroxylation is 1. The number of allylic oxidation sites excluding steroid dienone is 3. The van der Waals surface area contributed by atoms with Crippen molar-refractivity contribution in [2.45, 2.75) is 120 Å². The Kier molecular flexibility index (Phi) is 18.2. The van der Waals surface area contributed by atoms with Gasteiger partial charge in [-0.25, -0.2) is 13.2 Å². The zero-order valence-corrected chi connectivity index (χ0v) is 37.5. The SMILES string of the molecule is C=C(C(=O)N1CCN(c2c(CC)n(CC(=O)Nc3ccc(C(C)(F)F)cc3Cl)c3nc(C)nn3c2=O)CC1)/C(O)=C(/C)N=CC(C)CC.CCC/C(CCC(C)C)=C(\C)F. The molecule has 330 valence electrons. The largest absolute Gasteiger partial charge is 0.505 e. The number of aliphatic imine (C=N–C) groups is 1. The number of anilines is 2. The van der Waals surface area contributed by atoms with Gasteiger partial charge in [0, 0.05) is 44.9 Å². The first-order chi connectivity index (χ1) is 28.1. The molecular formula is C44H62ClF3N8O4. The minimum atomic E-state index is -3.10. The fourth-order valence-corrected chi connectivity index (χ4v) is 6.76. The van der Waals surface area contributed by atoms with Gasteiger partial charge in [-0.2, -0.15) is 9.50 Å². The van der Waals surface area contributed by atoms with Gasteiger partial charge in [0.25, 0.3) is 17.4 Å². The van der Waals surface area contributed by atoms with Crippen molar-refractivity contribution in [3.63, 3.8) is 0 Å². The van der Waals surface area contributed by atoms with E-state index in [1.807, 2.05) is 25.7 Å².